The zero-order valence-electron chi connectivity index (χ0n) is 12.8. The van der Waals surface area contributed by atoms with Gasteiger partial charge in [-0.2, -0.15) is 13.2 Å². The molecule has 1 aliphatic heterocycles. The topological polar surface area (TPSA) is 46.6 Å². The van der Waals surface area contributed by atoms with E-state index in [0.717, 1.165) is 29.2 Å². The molecular formula is C17H13F3N4S. The molecule has 0 fully saturated rings. The predicted octanol–water partition coefficient (Wildman–Crippen LogP) is 4.15. The lowest BCUT2D eigenvalue weighted by Crippen LogP contribution is -2.35. The Bertz CT molecular complexity index is 964. The molecule has 2 N–H and O–H groups in total. The van der Waals surface area contributed by atoms with E-state index >= 15 is 0 Å². The zero-order chi connectivity index (χ0) is 17.6. The summed E-state index contributed by atoms with van der Waals surface area (Å²) in [6.45, 7) is 0. The molecule has 4 rings (SSSR count). The number of nitrogens with zero attached hydrogens (tertiary/aromatic N) is 3. The average Bonchev–Trinajstić information content (AvgIpc) is 3.17. The summed E-state index contributed by atoms with van der Waals surface area (Å²) in [5.74, 6) is 0. The molecule has 1 aliphatic rings. The highest BCUT2D eigenvalue weighted by Gasteiger charge is 2.33. The number of imidazole rings is 1. The van der Waals surface area contributed by atoms with Gasteiger partial charge >= 0.3 is 6.18 Å². The third-order valence-electron chi connectivity index (χ3n) is 3.96. The van der Waals surface area contributed by atoms with Gasteiger partial charge in [0.05, 0.1) is 23.2 Å². The molecule has 1 atom stereocenters. The summed E-state index contributed by atoms with van der Waals surface area (Å²) in [6.07, 6.45) is -0.849. The molecule has 3 heterocycles. The first-order chi connectivity index (χ1) is 11.9. The standard InChI is InChI=1S/C17H13F3N4S/c18-17(19,20)11-4-3-5-12(8-11)24-14(10-25-16(24)21)13-9-22-15-6-1-2-7-23(13)15/h1-10,16H,21H2. The van der Waals surface area contributed by atoms with Crippen molar-refractivity contribution in [2.24, 2.45) is 5.73 Å². The van der Waals surface area contributed by atoms with Crippen LogP contribution in [0.4, 0.5) is 18.9 Å². The number of hydrogen-bond donors (Lipinski definition) is 1. The normalized spacial score (nSPS) is 18.0. The number of fused-ring (bicyclic) bond motifs is 1. The summed E-state index contributed by atoms with van der Waals surface area (Å²) < 4.78 is 41.0. The molecule has 0 spiro atoms. The maximum Gasteiger partial charge on any atom is 0.416 e. The van der Waals surface area contributed by atoms with Crippen LogP contribution in [-0.4, -0.2) is 14.9 Å². The van der Waals surface area contributed by atoms with Gasteiger partial charge in [0.25, 0.3) is 0 Å². The highest BCUT2D eigenvalue weighted by atomic mass is 32.2. The number of pyridine rings is 1. The SMILES string of the molecule is NC1SC=C(c2cnc3ccccn23)N1c1cccc(C(F)(F)F)c1. The van der Waals surface area contributed by atoms with E-state index in [4.69, 9.17) is 5.73 Å². The molecule has 0 saturated carbocycles. The number of anilines is 1. The van der Waals surface area contributed by atoms with Gasteiger partial charge in [-0.3, -0.25) is 4.40 Å². The molecular weight excluding hydrogens is 349 g/mol. The molecule has 0 aliphatic carbocycles. The molecule has 4 nitrogen and oxygen atoms in total. The van der Waals surface area contributed by atoms with Crippen molar-refractivity contribution in [3.8, 4) is 0 Å². The molecule has 1 aromatic carbocycles. The number of nitrogens with two attached hydrogens (primary N) is 1. The Labute approximate surface area is 145 Å². The average molecular weight is 362 g/mol. The number of thioether (sulfide) groups is 1. The quantitative estimate of drug-likeness (QED) is 0.744. The molecule has 0 bridgehead atoms. The second-order valence-electron chi connectivity index (χ2n) is 5.52. The fraction of sp³-hybridized carbons (Fsp3) is 0.118. The van der Waals surface area contributed by atoms with Crippen LogP contribution in [0.1, 0.15) is 11.3 Å². The van der Waals surface area contributed by atoms with Gasteiger partial charge in [0.2, 0.25) is 0 Å². The van der Waals surface area contributed by atoms with E-state index in [0.29, 0.717) is 5.69 Å². The minimum Gasteiger partial charge on any atom is -0.314 e. The Kier molecular flexibility index (Phi) is 3.73. The van der Waals surface area contributed by atoms with Crippen LogP contribution in [0.25, 0.3) is 11.3 Å². The predicted molar refractivity (Wildman–Crippen MR) is 92.7 cm³/mol. The maximum absolute atomic E-state index is 13.0. The lowest BCUT2D eigenvalue weighted by molar-refractivity contribution is -0.137. The minimum atomic E-state index is -4.40. The van der Waals surface area contributed by atoms with Crippen LogP contribution in [-0.2, 0) is 6.18 Å². The minimum absolute atomic E-state index is 0.393. The van der Waals surface area contributed by atoms with E-state index in [1.807, 2.05) is 34.2 Å². The Morgan fingerprint density at radius 2 is 1.96 bits per heavy atom. The number of rotatable bonds is 2. The summed E-state index contributed by atoms with van der Waals surface area (Å²) in [7, 11) is 0. The van der Waals surface area contributed by atoms with Gasteiger partial charge < -0.3 is 10.6 Å². The third kappa shape index (κ3) is 2.77. The van der Waals surface area contributed by atoms with Crippen molar-refractivity contribution in [1.82, 2.24) is 9.38 Å². The van der Waals surface area contributed by atoms with Gasteiger partial charge in [-0.25, -0.2) is 4.98 Å². The van der Waals surface area contributed by atoms with Gasteiger partial charge in [0, 0.05) is 17.3 Å². The van der Waals surface area contributed by atoms with Crippen molar-refractivity contribution in [2.45, 2.75) is 11.7 Å². The second-order valence-corrected chi connectivity index (χ2v) is 6.51. The molecule has 128 valence electrons. The van der Waals surface area contributed by atoms with Gasteiger partial charge in [0.1, 0.15) is 11.1 Å². The van der Waals surface area contributed by atoms with Crippen LogP contribution in [0.2, 0.25) is 0 Å². The first-order valence-electron chi connectivity index (χ1n) is 7.45. The van der Waals surface area contributed by atoms with Gasteiger partial charge in [-0.15, -0.1) is 0 Å². The molecule has 0 radical (unpaired) electrons. The van der Waals surface area contributed by atoms with Crippen molar-refractivity contribution < 1.29 is 13.2 Å². The molecule has 1 unspecified atom stereocenters. The summed E-state index contributed by atoms with van der Waals surface area (Å²) in [6, 6.07) is 10.8. The number of hydrogen-bond acceptors (Lipinski definition) is 4. The number of aromatic nitrogens is 2. The fourth-order valence-electron chi connectivity index (χ4n) is 2.81. The van der Waals surface area contributed by atoms with E-state index in [-0.39, 0.29) is 0 Å². The van der Waals surface area contributed by atoms with Crippen LogP contribution >= 0.6 is 11.8 Å². The number of halogens is 3. The highest BCUT2D eigenvalue weighted by molar-refractivity contribution is 8.03. The zero-order valence-corrected chi connectivity index (χ0v) is 13.6. The molecule has 8 heteroatoms. The van der Waals surface area contributed by atoms with Crippen LogP contribution in [0.5, 0.6) is 0 Å². The van der Waals surface area contributed by atoms with Gasteiger partial charge in [-0.05, 0) is 30.3 Å². The number of alkyl halides is 3. The van der Waals surface area contributed by atoms with Crippen molar-refractivity contribution in [3.63, 3.8) is 0 Å². The Balaban J connectivity index is 1.80. The Hall–Kier alpha value is -2.45. The molecule has 2 aromatic heterocycles. The second kappa shape index (κ2) is 5.82. The van der Waals surface area contributed by atoms with Crippen molar-refractivity contribution in [1.29, 1.82) is 0 Å². The van der Waals surface area contributed by atoms with Crippen LogP contribution in [0.15, 0.2) is 60.3 Å². The van der Waals surface area contributed by atoms with E-state index in [1.54, 1.807) is 17.2 Å². The molecule has 3 aromatic rings. The van der Waals surface area contributed by atoms with E-state index in [9.17, 15) is 13.2 Å². The first kappa shape index (κ1) is 16.0. The van der Waals surface area contributed by atoms with Crippen molar-refractivity contribution >= 4 is 28.8 Å². The summed E-state index contributed by atoms with van der Waals surface area (Å²) in [5.41, 5.74) is 7.57. The van der Waals surface area contributed by atoms with Crippen LogP contribution in [0, 0.1) is 0 Å². The highest BCUT2D eigenvalue weighted by Crippen LogP contribution is 2.40. The lowest BCUT2D eigenvalue weighted by Gasteiger charge is -2.27. The molecule has 0 amide bonds. The molecule has 0 saturated heterocycles. The van der Waals surface area contributed by atoms with E-state index < -0.39 is 17.2 Å². The third-order valence-corrected chi connectivity index (χ3v) is 4.81. The van der Waals surface area contributed by atoms with Gasteiger partial charge in [0.15, 0.2) is 0 Å². The smallest absolute Gasteiger partial charge is 0.314 e. The summed E-state index contributed by atoms with van der Waals surface area (Å²) in [5, 5.41) is 1.85. The first-order valence-corrected chi connectivity index (χ1v) is 8.39. The summed E-state index contributed by atoms with van der Waals surface area (Å²) >= 11 is 1.35. The van der Waals surface area contributed by atoms with Crippen molar-refractivity contribution in [2.75, 3.05) is 4.90 Å². The van der Waals surface area contributed by atoms with E-state index in [2.05, 4.69) is 4.98 Å². The Morgan fingerprint density at radius 1 is 1.12 bits per heavy atom. The van der Waals surface area contributed by atoms with Crippen LogP contribution < -0.4 is 10.6 Å². The van der Waals surface area contributed by atoms with E-state index in [1.165, 1.54) is 17.8 Å². The largest absolute Gasteiger partial charge is 0.416 e. The molecule has 25 heavy (non-hydrogen) atoms. The Morgan fingerprint density at radius 3 is 2.76 bits per heavy atom. The number of benzene rings is 1. The fourth-order valence-corrected chi connectivity index (χ4v) is 3.67. The van der Waals surface area contributed by atoms with Crippen LogP contribution in [0.3, 0.4) is 0 Å². The lowest BCUT2D eigenvalue weighted by atomic mass is 10.1. The maximum atomic E-state index is 13.0. The summed E-state index contributed by atoms with van der Waals surface area (Å²) in [4.78, 5) is 6.03. The van der Waals surface area contributed by atoms with Gasteiger partial charge in [-0.1, -0.05) is 23.9 Å². The monoisotopic (exact) mass is 362 g/mol. The van der Waals surface area contributed by atoms with Crippen molar-refractivity contribution in [3.05, 3.63) is 71.5 Å².